The van der Waals surface area contributed by atoms with Gasteiger partial charge in [-0.15, -0.1) is 0 Å². The molecule has 0 aliphatic carbocycles. The van der Waals surface area contributed by atoms with Crippen LogP contribution in [-0.4, -0.2) is 45.5 Å². The normalized spacial score (nSPS) is 13.9. The van der Waals surface area contributed by atoms with Crippen LogP contribution < -0.4 is 0 Å². The standard InChI is InChI=1S/C22H17Cl2N3O3/c1-11-5-12(8-25)6-17-15(11)7-18(26(17)2)21(29)19-16(23)4-3-14(20(19)24)22(30)27-9-13(28)10-27/h3-7,13,28H,9-10H2,1-2H3. The summed E-state index contributed by atoms with van der Waals surface area (Å²) in [7, 11) is 1.73. The highest BCUT2D eigenvalue weighted by Crippen LogP contribution is 2.33. The Hall–Kier alpha value is -2.85. The van der Waals surface area contributed by atoms with Crippen molar-refractivity contribution in [2.45, 2.75) is 13.0 Å². The Morgan fingerprint density at radius 3 is 2.53 bits per heavy atom. The molecule has 6 nitrogen and oxygen atoms in total. The largest absolute Gasteiger partial charge is 0.389 e. The van der Waals surface area contributed by atoms with E-state index < -0.39 is 11.9 Å². The number of halogens is 2. The predicted octanol–water partition coefficient (Wildman–Crippen LogP) is 3.71. The maximum Gasteiger partial charge on any atom is 0.255 e. The Morgan fingerprint density at radius 2 is 1.90 bits per heavy atom. The molecule has 0 atom stereocenters. The summed E-state index contributed by atoms with van der Waals surface area (Å²) in [6.45, 7) is 2.33. The third kappa shape index (κ3) is 3.16. The zero-order valence-corrected chi connectivity index (χ0v) is 17.8. The Labute approximate surface area is 182 Å². The van der Waals surface area contributed by atoms with E-state index in [0.717, 1.165) is 16.5 Å². The number of hydrogen-bond acceptors (Lipinski definition) is 4. The zero-order valence-electron chi connectivity index (χ0n) is 16.2. The molecule has 1 aromatic heterocycles. The molecule has 1 N–H and O–H groups in total. The highest BCUT2D eigenvalue weighted by Gasteiger charge is 2.32. The number of nitriles is 1. The molecule has 3 aromatic rings. The fourth-order valence-electron chi connectivity index (χ4n) is 3.74. The van der Waals surface area contributed by atoms with Gasteiger partial charge in [-0.1, -0.05) is 23.2 Å². The van der Waals surface area contributed by atoms with Gasteiger partial charge in [0.2, 0.25) is 5.78 Å². The topological polar surface area (TPSA) is 86.3 Å². The third-order valence-electron chi connectivity index (χ3n) is 5.43. The first-order chi connectivity index (χ1) is 14.2. The van der Waals surface area contributed by atoms with E-state index in [-0.39, 0.29) is 40.2 Å². The molecule has 0 saturated carbocycles. The fourth-order valence-corrected chi connectivity index (χ4v) is 4.36. The van der Waals surface area contributed by atoms with Gasteiger partial charge in [0.1, 0.15) is 0 Å². The Balaban J connectivity index is 1.81. The summed E-state index contributed by atoms with van der Waals surface area (Å²) in [5.41, 5.74) is 2.67. The van der Waals surface area contributed by atoms with Crippen LogP contribution in [0, 0.1) is 18.3 Å². The van der Waals surface area contributed by atoms with Crippen LogP contribution in [0.15, 0.2) is 30.3 Å². The van der Waals surface area contributed by atoms with E-state index in [0.29, 0.717) is 11.3 Å². The second kappa shape index (κ2) is 7.44. The Bertz CT molecular complexity index is 1270. The van der Waals surface area contributed by atoms with E-state index in [9.17, 15) is 20.0 Å². The number of aryl methyl sites for hydroxylation is 2. The Morgan fingerprint density at radius 1 is 1.20 bits per heavy atom. The number of carbonyl (C=O) groups excluding carboxylic acids is 2. The molecule has 2 aromatic carbocycles. The minimum Gasteiger partial charge on any atom is -0.389 e. The molecule has 2 heterocycles. The molecule has 8 heteroatoms. The number of amides is 1. The van der Waals surface area contributed by atoms with E-state index in [1.54, 1.807) is 29.8 Å². The van der Waals surface area contributed by atoms with Crippen LogP contribution in [-0.2, 0) is 7.05 Å². The molecule has 30 heavy (non-hydrogen) atoms. The van der Waals surface area contributed by atoms with E-state index in [1.807, 2.05) is 6.92 Å². The minimum absolute atomic E-state index is 0.0152. The molecule has 0 radical (unpaired) electrons. The summed E-state index contributed by atoms with van der Waals surface area (Å²) < 4.78 is 1.69. The van der Waals surface area contributed by atoms with Gasteiger partial charge in [-0.2, -0.15) is 5.26 Å². The molecule has 1 aliphatic heterocycles. The Kier molecular flexibility index (Phi) is 5.07. The van der Waals surface area contributed by atoms with Gasteiger partial charge in [-0.05, 0) is 42.8 Å². The number of ketones is 1. The SMILES string of the molecule is Cc1cc(C#N)cc2c1cc(C(=O)c1c(Cl)ccc(C(=O)N3CC(O)C3)c1Cl)n2C. The lowest BCUT2D eigenvalue weighted by molar-refractivity contribution is 0.00590. The van der Waals surface area contributed by atoms with Crippen molar-refractivity contribution in [1.29, 1.82) is 5.26 Å². The molecule has 1 saturated heterocycles. The molecule has 0 bridgehead atoms. The number of aliphatic hydroxyl groups is 1. The zero-order chi connectivity index (χ0) is 21.7. The number of hydrogen-bond donors (Lipinski definition) is 1. The fraction of sp³-hybridized carbons (Fsp3) is 0.227. The van der Waals surface area contributed by atoms with Crippen molar-refractivity contribution in [2.24, 2.45) is 7.05 Å². The third-order valence-corrected chi connectivity index (χ3v) is 6.14. The second-order valence-electron chi connectivity index (χ2n) is 7.40. The lowest BCUT2D eigenvalue weighted by atomic mass is 10.0. The first kappa shape index (κ1) is 20.4. The van der Waals surface area contributed by atoms with Crippen molar-refractivity contribution in [3.05, 3.63) is 68.3 Å². The van der Waals surface area contributed by atoms with Crippen LogP contribution in [0.2, 0.25) is 10.0 Å². The highest BCUT2D eigenvalue weighted by atomic mass is 35.5. The number of carbonyl (C=O) groups is 2. The summed E-state index contributed by atoms with van der Waals surface area (Å²) >= 11 is 12.8. The van der Waals surface area contributed by atoms with E-state index in [1.165, 1.54) is 17.0 Å². The number of aliphatic hydroxyl groups excluding tert-OH is 1. The smallest absolute Gasteiger partial charge is 0.255 e. The number of β-amino-alcohol motifs (C(OH)–C–C–N with tert-alkyl or cyclic N) is 1. The van der Waals surface area contributed by atoms with Crippen molar-refractivity contribution in [3.8, 4) is 6.07 Å². The van der Waals surface area contributed by atoms with Crippen molar-refractivity contribution < 1.29 is 14.7 Å². The van der Waals surface area contributed by atoms with Crippen LogP contribution >= 0.6 is 23.2 Å². The number of fused-ring (bicyclic) bond motifs is 1. The van der Waals surface area contributed by atoms with Gasteiger partial charge in [0.15, 0.2) is 0 Å². The van der Waals surface area contributed by atoms with E-state index in [4.69, 9.17) is 23.2 Å². The second-order valence-corrected chi connectivity index (χ2v) is 8.19. The first-order valence-electron chi connectivity index (χ1n) is 9.23. The van der Waals surface area contributed by atoms with Gasteiger partial charge in [-0.3, -0.25) is 9.59 Å². The molecule has 4 rings (SSSR count). The number of benzene rings is 2. The lowest BCUT2D eigenvalue weighted by Crippen LogP contribution is -2.53. The molecule has 0 unspecified atom stereocenters. The van der Waals surface area contributed by atoms with Gasteiger partial charge in [0.05, 0.1) is 44.6 Å². The molecule has 1 fully saturated rings. The quantitative estimate of drug-likeness (QED) is 0.627. The summed E-state index contributed by atoms with van der Waals surface area (Å²) in [5, 5.41) is 19.7. The van der Waals surface area contributed by atoms with Gasteiger partial charge in [-0.25, -0.2) is 0 Å². The summed E-state index contributed by atoms with van der Waals surface area (Å²) in [5.74, 6) is -0.775. The summed E-state index contributed by atoms with van der Waals surface area (Å²) in [6, 6.07) is 10.3. The van der Waals surface area contributed by atoms with E-state index >= 15 is 0 Å². The monoisotopic (exact) mass is 441 g/mol. The van der Waals surface area contributed by atoms with Gasteiger partial charge in [0, 0.05) is 31.0 Å². The first-order valence-corrected chi connectivity index (χ1v) is 9.98. The van der Waals surface area contributed by atoms with E-state index in [2.05, 4.69) is 6.07 Å². The average molecular weight is 442 g/mol. The van der Waals surface area contributed by atoms with Gasteiger partial charge < -0.3 is 14.6 Å². The summed E-state index contributed by atoms with van der Waals surface area (Å²) in [4.78, 5) is 27.5. The molecule has 1 amide bonds. The van der Waals surface area contributed by atoms with Crippen molar-refractivity contribution >= 4 is 45.8 Å². The van der Waals surface area contributed by atoms with Crippen molar-refractivity contribution in [1.82, 2.24) is 9.47 Å². The molecule has 0 spiro atoms. The van der Waals surface area contributed by atoms with Crippen LogP contribution in [0.4, 0.5) is 0 Å². The molecule has 152 valence electrons. The predicted molar refractivity (Wildman–Crippen MR) is 114 cm³/mol. The number of nitrogens with zero attached hydrogens (tertiary/aromatic N) is 3. The number of likely N-dealkylation sites (tertiary alicyclic amines) is 1. The van der Waals surface area contributed by atoms with Crippen molar-refractivity contribution in [3.63, 3.8) is 0 Å². The maximum absolute atomic E-state index is 13.4. The minimum atomic E-state index is -0.543. The van der Waals surface area contributed by atoms with Crippen LogP contribution in [0.5, 0.6) is 0 Å². The summed E-state index contributed by atoms with van der Waals surface area (Å²) in [6.07, 6.45) is -0.543. The van der Waals surface area contributed by atoms with Crippen LogP contribution in [0.3, 0.4) is 0 Å². The number of aromatic nitrogens is 1. The highest BCUT2D eigenvalue weighted by molar-refractivity contribution is 6.42. The average Bonchev–Trinajstić information content (AvgIpc) is 3.02. The number of rotatable bonds is 3. The molecule has 1 aliphatic rings. The lowest BCUT2D eigenvalue weighted by Gasteiger charge is -2.36. The van der Waals surface area contributed by atoms with Gasteiger partial charge in [0.25, 0.3) is 5.91 Å². The van der Waals surface area contributed by atoms with Crippen LogP contribution in [0.1, 0.15) is 37.5 Å². The van der Waals surface area contributed by atoms with Gasteiger partial charge >= 0.3 is 0 Å². The van der Waals surface area contributed by atoms with Crippen molar-refractivity contribution in [2.75, 3.05) is 13.1 Å². The maximum atomic E-state index is 13.4. The van der Waals surface area contributed by atoms with Crippen LogP contribution in [0.25, 0.3) is 10.9 Å². The molecular formula is C22H17Cl2N3O3. The molecular weight excluding hydrogens is 425 g/mol.